The average Bonchev–Trinajstić information content (AvgIpc) is 3.00. The van der Waals surface area contributed by atoms with Crippen LogP contribution in [-0.4, -0.2) is 39.2 Å². The van der Waals surface area contributed by atoms with E-state index in [-0.39, 0.29) is 0 Å². The zero-order chi connectivity index (χ0) is 16.1. The fourth-order valence-electron chi connectivity index (χ4n) is 2.63. The Morgan fingerprint density at radius 1 is 1.63 bits per heavy atom. The van der Waals surface area contributed by atoms with E-state index in [1.165, 1.54) is 4.90 Å². The van der Waals surface area contributed by atoms with Gasteiger partial charge in [0, 0.05) is 21.4 Å². The maximum Gasteiger partial charge on any atom is 0.416 e. The van der Waals surface area contributed by atoms with Gasteiger partial charge in [0.1, 0.15) is 4.60 Å². The van der Waals surface area contributed by atoms with E-state index in [1.807, 2.05) is 0 Å². The molecule has 0 bridgehead atoms. The normalized spacial score (nSPS) is 23.2. The Kier molecular flexibility index (Phi) is 2.30. The summed E-state index contributed by atoms with van der Waals surface area (Å²) in [5.41, 5.74) is 0.984. The highest BCUT2D eigenvalue weighted by atomic mass is 79.9. The third kappa shape index (κ3) is 2.04. The number of rotatable bonds is 1. The summed E-state index contributed by atoms with van der Waals surface area (Å²) in [6, 6.07) is 2.91. The zero-order valence-electron chi connectivity index (χ0n) is 13.0. The highest BCUT2D eigenvalue weighted by Crippen LogP contribution is 2.34. The number of halogens is 1. The average molecular weight is 327 g/mol. The summed E-state index contributed by atoms with van der Waals surface area (Å²) in [5.74, 6) is 0. The lowest BCUT2D eigenvalue weighted by molar-refractivity contribution is 0.194. The van der Waals surface area contributed by atoms with Crippen LogP contribution in [0.3, 0.4) is 0 Å². The van der Waals surface area contributed by atoms with Gasteiger partial charge in [-0.3, -0.25) is 4.90 Å². The molecule has 5 nitrogen and oxygen atoms in total. The van der Waals surface area contributed by atoms with Crippen molar-refractivity contribution in [2.75, 3.05) is 13.5 Å². The second-order valence-corrected chi connectivity index (χ2v) is 5.42. The van der Waals surface area contributed by atoms with E-state index >= 15 is 0 Å². The summed E-state index contributed by atoms with van der Waals surface area (Å²) in [6.45, 7) is -1.80. The largest absolute Gasteiger partial charge is 0.464 e. The van der Waals surface area contributed by atoms with E-state index in [1.54, 1.807) is 18.3 Å². The van der Waals surface area contributed by atoms with Crippen molar-refractivity contribution in [2.24, 2.45) is 0 Å². The van der Waals surface area contributed by atoms with Gasteiger partial charge in [0.15, 0.2) is 0 Å². The van der Waals surface area contributed by atoms with Crippen LogP contribution in [0.1, 0.15) is 28.7 Å². The van der Waals surface area contributed by atoms with Crippen LogP contribution in [0.25, 0.3) is 10.9 Å². The molecule has 100 valence electrons. The van der Waals surface area contributed by atoms with Crippen LogP contribution < -0.4 is 0 Å². The monoisotopic (exact) mass is 326 g/mol. The second kappa shape index (κ2) is 4.61. The Hall–Kier alpha value is -1.40. The standard InChI is InChI=1S/C13H14BrN3O2/c1-16-4-2-3-9(16)11-5-8-7-15-12(14)6-10(8)17(11)13(18)19/h5-7,9H,2-4H2,1H3,(H,18,19)/t9-/m1/s1/i1D3. The van der Waals surface area contributed by atoms with Gasteiger partial charge < -0.3 is 5.11 Å². The summed E-state index contributed by atoms with van der Waals surface area (Å²) < 4.78 is 24.6. The van der Waals surface area contributed by atoms with Crippen LogP contribution in [-0.2, 0) is 0 Å². The zero-order valence-corrected chi connectivity index (χ0v) is 11.6. The summed E-state index contributed by atoms with van der Waals surface area (Å²) in [6.07, 6.45) is 1.81. The van der Waals surface area contributed by atoms with Crippen LogP contribution in [0.4, 0.5) is 4.79 Å². The van der Waals surface area contributed by atoms with Crippen molar-refractivity contribution in [2.45, 2.75) is 18.9 Å². The van der Waals surface area contributed by atoms with E-state index in [0.29, 0.717) is 34.2 Å². The minimum absolute atomic E-state index is 0.435. The van der Waals surface area contributed by atoms with Crippen LogP contribution in [0.5, 0.6) is 0 Å². The topological polar surface area (TPSA) is 58.4 Å². The molecule has 1 aliphatic rings. The molecule has 0 amide bonds. The molecule has 1 N–H and O–H groups in total. The van der Waals surface area contributed by atoms with E-state index in [4.69, 9.17) is 4.11 Å². The van der Waals surface area contributed by atoms with E-state index in [9.17, 15) is 9.90 Å². The van der Waals surface area contributed by atoms with Gasteiger partial charge >= 0.3 is 6.09 Å². The first-order valence-electron chi connectivity index (χ1n) is 7.46. The predicted molar refractivity (Wildman–Crippen MR) is 75.5 cm³/mol. The maximum atomic E-state index is 11.7. The molecule has 1 fully saturated rings. The molecule has 0 aliphatic carbocycles. The van der Waals surface area contributed by atoms with Crippen molar-refractivity contribution in [1.82, 2.24) is 14.5 Å². The van der Waals surface area contributed by atoms with Crippen LogP contribution in [0, 0.1) is 0 Å². The Bertz CT molecular complexity index is 744. The van der Waals surface area contributed by atoms with Crippen LogP contribution in [0.15, 0.2) is 22.9 Å². The van der Waals surface area contributed by atoms with E-state index < -0.39 is 19.1 Å². The number of aromatic nitrogens is 2. The maximum absolute atomic E-state index is 11.7. The first-order valence-corrected chi connectivity index (χ1v) is 6.75. The molecule has 1 atom stereocenters. The minimum Gasteiger partial charge on any atom is -0.464 e. The Morgan fingerprint density at radius 2 is 2.47 bits per heavy atom. The number of carboxylic acid groups (broad SMARTS) is 1. The van der Waals surface area contributed by atoms with Gasteiger partial charge in [0.05, 0.1) is 11.6 Å². The van der Waals surface area contributed by atoms with Crippen molar-refractivity contribution < 1.29 is 14.0 Å². The fourth-order valence-corrected chi connectivity index (χ4v) is 2.95. The number of pyridine rings is 1. The lowest BCUT2D eigenvalue weighted by atomic mass is 10.1. The van der Waals surface area contributed by atoms with Crippen molar-refractivity contribution in [1.29, 1.82) is 0 Å². The summed E-state index contributed by atoms with van der Waals surface area (Å²) in [7, 11) is 0. The van der Waals surface area contributed by atoms with Gasteiger partial charge in [0.2, 0.25) is 0 Å². The highest BCUT2D eigenvalue weighted by molar-refractivity contribution is 9.10. The molecule has 3 rings (SSSR count). The first kappa shape index (κ1) is 9.50. The van der Waals surface area contributed by atoms with Crippen LogP contribution in [0.2, 0.25) is 0 Å². The van der Waals surface area contributed by atoms with Gasteiger partial charge in [-0.15, -0.1) is 0 Å². The number of fused-ring (bicyclic) bond motifs is 1. The molecule has 1 aliphatic heterocycles. The Labute approximate surface area is 123 Å². The summed E-state index contributed by atoms with van der Waals surface area (Å²) in [4.78, 5) is 17.2. The third-order valence-corrected chi connectivity index (χ3v) is 3.90. The van der Waals surface area contributed by atoms with Gasteiger partial charge in [-0.05, 0) is 54.4 Å². The molecule has 2 aromatic rings. The number of nitrogens with zero attached hydrogens (tertiary/aromatic N) is 3. The molecule has 19 heavy (non-hydrogen) atoms. The SMILES string of the molecule is [2H]C([2H])([2H])N1CCC[C@@H]1c1cc2cnc(Br)cc2n1C(=O)O. The summed E-state index contributed by atoms with van der Waals surface area (Å²) in [5, 5.41) is 10.2. The fraction of sp³-hybridized carbons (Fsp3) is 0.385. The molecule has 3 heterocycles. The molecular weight excluding hydrogens is 310 g/mol. The molecule has 0 radical (unpaired) electrons. The first-order chi connectivity index (χ1) is 10.3. The lowest BCUT2D eigenvalue weighted by Crippen LogP contribution is -2.22. The van der Waals surface area contributed by atoms with Crippen molar-refractivity contribution in [3.05, 3.63) is 28.6 Å². The van der Waals surface area contributed by atoms with Crippen molar-refractivity contribution in [3.63, 3.8) is 0 Å². The Morgan fingerprint density at radius 3 is 3.21 bits per heavy atom. The van der Waals surface area contributed by atoms with Gasteiger partial charge in [-0.25, -0.2) is 14.3 Å². The number of hydrogen-bond acceptors (Lipinski definition) is 3. The number of likely N-dealkylation sites (tertiary alicyclic amines) is 1. The van der Waals surface area contributed by atoms with E-state index in [0.717, 1.165) is 11.0 Å². The van der Waals surface area contributed by atoms with Gasteiger partial charge in [-0.2, -0.15) is 0 Å². The Balaban J connectivity index is 2.18. The summed E-state index contributed by atoms with van der Waals surface area (Å²) >= 11 is 3.23. The minimum atomic E-state index is -2.24. The highest BCUT2D eigenvalue weighted by Gasteiger charge is 2.28. The molecule has 0 aromatic carbocycles. The third-order valence-electron chi connectivity index (χ3n) is 3.47. The van der Waals surface area contributed by atoms with Gasteiger partial charge in [0.25, 0.3) is 0 Å². The quantitative estimate of drug-likeness (QED) is 0.818. The number of hydrogen-bond donors (Lipinski definition) is 1. The molecule has 0 saturated carbocycles. The molecule has 1 saturated heterocycles. The van der Waals surface area contributed by atoms with Gasteiger partial charge in [-0.1, -0.05) is 0 Å². The molecule has 0 unspecified atom stereocenters. The van der Waals surface area contributed by atoms with E-state index in [2.05, 4.69) is 20.9 Å². The molecule has 0 spiro atoms. The molecule has 6 heteroatoms. The lowest BCUT2D eigenvalue weighted by Gasteiger charge is -2.20. The smallest absolute Gasteiger partial charge is 0.416 e. The van der Waals surface area contributed by atoms with Crippen LogP contribution >= 0.6 is 15.9 Å². The molecule has 2 aromatic heterocycles. The van der Waals surface area contributed by atoms with Crippen molar-refractivity contribution >= 4 is 32.9 Å². The predicted octanol–water partition coefficient (Wildman–Crippen LogP) is 3.09. The number of carbonyl (C=O) groups is 1. The second-order valence-electron chi connectivity index (χ2n) is 4.60. The molecular formula is C13H14BrN3O2. The van der Waals surface area contributed by atoms with Crippen molar-refractivity contribution in [3.8, 4) is 0 Å².